The van der Waals surface area contributed by atoms with Gasteiger partial charge in [-0.1, -0.05) is 41.4 Å². The number of halogens is 1. The summed E-state index contributed by atoms with van der Waals surface area (Å²) in [5.74, 6) is 1.79. The SMILES string of the molecule is Cc1ccc(C(=O)NCCCc2nc3ccccc3n2CCOc2cc(C)c(Cl)c(C)c2)c(C)c1. The lowest BCUT2D eigenvalue weighted by atomic mass is 10.1. The van der Waals surface area contributed by atoms with E-state index in [1.54, 1.807) is 0 Å². The van der Waals surface area contributed by atoms with Crippen molar-refractivity contribution in [2.45, 2.75) is 47.1 Å². The maximum Gasteiger partial charge on any atom is 0.251 e. The highest BCUT2D eigenvalue weighted by Gasteiger charge is 2.12. The van der Waals surface area contributed by atoms with E-state index < -0.39 is 0 Å². The fourth-order valence-corrected chi connectivity index (χ4v) is 4.53. The molecule has 0 saturated carbocycles. The first-order valence-corrected chi connectivity index (χ1v) is 12.4. The van der Waals surface area contributed by atoms with Crippen LogP contribution in [0.3, 0.4) is 0 Å². The number of imidazole rings is 1. The van der Waals surface area contributed by atoms with Crippen LogP contribution in [0.25, 0.3) is 11.0 Å². The van der Waals surface area contributed by atoms with Gasteiger partial charge in [-0.25, -0.2) is 4.98 Å². The van der Waals surface area contributed by atoms with Gasteiger partial charge in [0, 0.05) is 23.6 Å². The van der Waals surface area contributed by atoms with E-state index in [2.05, 4.69) is 16.0 Å². The summed E-state index contributed by atoms with van der Waals surface area (Å²) in [7, 11) is 0. The lowest BCUT2D eigenvalue weighted by molar-refractivity contribution is 0.0952. The molecular formula is C29H32ClN3O2. The molecule has 0 fully saturated rings. The van der Waals surface area contributed by atoms with Gasteiger partial charge >= 0.3 is 0 Å². The summed E-state index contributed by atoms with van der Waals surface area (Å²) in [6.45, 7) is 9.78. The van der Waals surface area contributed by atoms with Gasteiger partial charge in [-0.05, 0) is 81.1 Å². The predicted molar refractivity (Wildman–Crippen MR) is 143 cm³/mol. The van der Waals surface area contributed by atoms with Crippen molar-refractivity contribution < 1.29 is 9.53 Å². The predicted octanol–water partition coefficient (Wildman–Crippen LogP) is 6.36. The maximum absolute atomic E-state index is 12.6. The number of hydrogen-bond donors (Lipinski definition) is 1. The first-order chi connectivity index (χ1) is 16.8. The van der Waals surface area contributed by atoms with Crippen molar-refractivity contribution in [1.82, 2.24) is 14.9 Å². The number of para-hydroxylation sites is 2. The molecule has 0 spiro atoms. The van der Waals surface area contributed by atoms with Gasteiger partial charge in [0.2, 0.25) is 0 Å². The van der Waals surface area contributed by atoms with Gasteiger partial charge in [-0.15, -0.1) is 0 Å². The van der Waals surface area contributed by atoms with Crippen LogP contribution < -0.4 is 10.1 Å². The summed E-state index contributed by atoms with van der Waals surface area (Å²) in [5, 5.41) is 3.83. The quantitative estimate of drug-likeness (QED) is 0.278. The molecule has 35 heavy (non-hydrogen) atoms. The fraction of sp³-hybridized carbons (Fsp3) is 0.310. The first-order valence-electron chi connectivity index (χ1n) is 12.0. The van der Waals surface area contributed by atoms with Gasteiger partial charge in [0.25, 0.3) is 5.91 Å². The molecule has 3 aromatic carbocycles. The Bertz CT molecular complexity index is 1340. The standard InChI is InChI=1S/C29H32ClN3O2/c1-19-11-12-24(20(2)16-19)29(34)31-13-7-10-27-32-25-8-5-6-9-26(25)33(27)14-15-35-23-17-21(3)28(30)22(4)18-23/h5-6,8-9,11-12,16-18H,7,10,13-15H2,1-4H3,(H,31,34). The molecule has 0 aliphatic heterocycles. The van der Waals surface area contributed by atoms with Crippen LogP contribution in [0.15, 0.2) is 54.6 Å². The number of fused-ring (bicyclic) bond motifs is 1. The highest BCUT2D eigenvalue weighted by Crippen LogP contribution is 2.26. The smallest absolute Gasteiger partial charge is 0.251 e. The Morgan fingerprint density at radius 1 is 1.00 bits per heavy atom. The number of aryl methyl sites for hydroxylation is 5. The average Bonchev–Trinajstić information content (AvgIpc) is 3.17. The summed E-state index contributed by atoms with van der Waals surface area (Å²) in [5.41, 5.74) is 6.97. The number of nitrogens with zero attached hydrogens (tertiary/aromatic N) is 2. The Kier molecular flexibility index (Phi) is 7.76. The molecule has 0 saturated heterocycles. The van der Waals surface area contributed by atoms with Crippen LogP contribution in [0.4, 0.5) is 0 Å². The second-order valence-corrected chi connectivity index (χ2v) is 9.44. The molecule has 0 atom stereocenters. The topological polar surface area (TPSA) is 56.2 Å². The number of carbonyl (C=O) groups is 1. The van der Waals surface area contributed by atoms with Gasteiger partial charge in [0.05, 0.1) is 17.6 Å². The lowest BCUT2D eigenvalue weighted by Gasteiger charge is -2.13. The monoisotopic (exact) mass is 489 g/mol. The Morgan fingerprint density at radius 2 is 1.74 bits per heavy atom. The highest BCUT2D eigenvalue weighted by atomic mass is 35.5. The van der Waals surface area contributed by atoms with Crippen LogP contribution >= 0.6 is 11.6 Å². The number of rotatable bonds is 9. The van der Waals surface area contributed by atoms with E-state index in [0.29, 0.717) is 19.7 Å². The normalized spacial score (nSPS) is 11.1. The number of ether oxygens (including phenoxy) is 1. The molecule has 0 aliphatic carbocycles. The van der Waals surface area contributed by atoms with Gasteiger partial charge in [0.1, 0.15) is 18.2 Å². The van der Waals surface area contributed by atoms with E-state index in [1.165, 1.54) is 0 Å². The maximum atomic E-state index is 12.6. The molecule has 0 unspecified atom stereocenters. The number of nitrogens with one attached hydrogen (secondary N) is 1. The Hall–Kier alpha value is -3.31. The number of amides is 1. The second kappa shape index (κ2) is 11.0. The van der Waals surface area contributed by atoms with Gasteiger partial charge in [-0.2, -0.15) is 0 Å². The molecule has 0 bridgehead atoms. The van der Waals surface area contributed by atoms with Crippen LogP contribution in [0, 0.1) is 27.7 Å². The zero-order valence-electron chi connectivity index (χ0n) is 20.8. The van der Waals surface area contributed by atoms with Gasteiger partial charge in [0.15, 0.2) is 0 Å². The summed E-state index contributed by atoms with van der Waals surface area (Å²) in [6, 6.07) is 18.0. The third-order valence-electron chi connectivity index (χ3n) is 6.22. The summed E-state index contributed by atoms with van der Waals surface area (Å²) in [4.78, 5) is 17.4. The van der Waals surface area contributed by atoms with Crippen molar-refractivity contribution in [3.63, 3.8) is 0 Å². The summed E-state index contributed by atoms with van der Waals surface area (Å²) in [6.07, 6.45) is 1.57. The molecule has 0 radical (unpaired) electrons. The zero-order chi connectivity index (χ0) is 24.9. The fourth-order valence-electron chi connectivity index (χ4n) is 4.42. The first kappa shape index (κ1) is 24.8. The summed E-state index contributed by atoms with van der Waals surface area (Å²) >= 11 is 6.29. The van der Waals surface area contributed by atoms with Gasteiger partial charge < -0.3 is 14.6 Å². The highest BCUT2D eigenvalue weighted by molar-refractivity contribution is 6.32. The van der Waals surface area contributed by atoms with E-state index in [-0.39, 0.29) is 5.91 Å². The molecule has 1 N–H and O–H groups in total. The van der Waals surface area contributed by atoms with Crippen molar-refractivity contribution in [3.8, 4) is 5.75 Å². The molecule has 5 nitrogen and oxygen atoms in total. The van der Waals surface area contributed by atoms with Crippen LogP contribution in [-0.2, 0) is 13.0 Å². The van der Waals surface area contributed by atoms with Crippen LogP contribution in [0.2, 0.25) is 5.02 Å². The molecule has 4 rings (SSSR count). The Balaban J connectivity index is 1.38. The zero-order valence-corrected chi connectivity index (χ0v) is 21.6. The summed E-state index contributed by atoms with van der Waals surface area (Å²) < 4.78 is 8.28. The Morgan fingerprint density at radius 3 is 2.49 bits per heavy atom. The number of benzene rings is 3. The van der Waals surface area contributed by atoms with E-state index in [9.17, 15) is 4.79 Å². The molecule has 1 amide bonds. The number of aromatic nitrogens is 2. The third kappa shape index (κ3) is 5.85. The van der Waals surface area contributed by atoms with Crippen LogP contribution in [0.5, 0.6) is 5.75 Å². The minimum Gasteiger partial charge on any atom is -0.492 e. The second-order valence-electron chi connectivity index (χ2n) is 9.07. The lowest BCUT2D eigenvalue weighted by Crippen LogP contribution is -2.25. The van der Waals surface area contributed by atoms with Gasteiger partial charge in [-0.3, -0.25) is 4.79 Å². The third-order valence-corrected chi connectivity index (χ3v) is 6.81. The minimum absolute atomic E-state index is 0.0297. The van der Waals surface area contributed by atoms with Crippen molar-refractivity contribution in [1.29, 1.82) is 0 Å². The number of carbonyl (C=O) groups excluding carboxylic acids is 1. The minimum atomic E-state index is -0.0297. The largest absolute Gasteiger partial charge is 0.492 e. The number of hydrogen-bond acceptors (Lipinski definition) is 3. The molecule has 182 valence electrons. The molecular weight excluding hydrogens is 458 g/mol. The molecule has 4 aromatic rings. The van der Waals surface area contributed by atoms with E-state index in [1.807, 2.05) is 76.2 Å². The van der Waals surface area contributed by atoms with E-state index in [4.69, 9.17) is 21.3 Å². The van der Waals surface area contributed by atoms with Crippen molar-refractivity contribution in [3.05, 3.63) is 93.3 Å². The van der Waals surface area contributed by atoms with E-state index in [0.717, 1.165) is 68.3 Å². The van der Waals surface area contributed by atoms with Crippen molar-refractivity contribution in [2.75, 3.05) is 13.2 Å². The molecule has 0 aliphatic rings. The van der Waals surface area contributed by atoms with Crippen molar-refractivity contribution in [2.24, 2.45) is 0 Å². The van der Waals surface area contributed by atoms with E-state index >= 15 is 0 Å². The Labute approximate surface area is 212 Å². The van der Waals surface area contributed by atoms with Crippen molar-refractivity contribution >= 4 is 28.5 Å². The average molecular weight is 490 g/mol. The molecule has 6 heteroatoms. The molecule has 1 heterocycles. The molecule has 1 aromatic heterocycles. The van der Waals surface area contributed by atoms with Crippen LogP contribution in [0.1, 0.15) is 44.9 Å². The van der Waals surface area contributed by atoms with Crippen LogP contribution in [-0.4, -0.2) is 28.6 Å².